The molecule has 1 unspecified atom stereocenters. The van der Waals surface area contributed by atoms with Crippen LogP contribution in [0.4, 0.5) is 5.95 Å². The van der Waals surface area contributed by atoms with E-state index in [0.29, 0.717) is 12.5 Å². The Morgan fingerprint density at radius 2 is 1.84 bits per heavy atom. The van der Waals surface area contributed by atoms with E-state index in [1.807, 2.05) is 18.2 Å². The number of hydrogen-bond donors (Lipinski definition) is 1. The maximum absolute atomic E-state index is 12.8. The van der Waals surface area contributed by atoms with E-state index in [1.165, 1.54) is 5.56 Å². The summed E-state index contributed by atoms with van der Waals surface area (Å²) in [6, 6.07) is 10.1. The first-order valence-electron chi connectivity index (χ1n) is 11.4. The van der Waals surface area contributed by atoms with Gasteiger partial charge in [-0.05, 0) is 68.5 Å². The summed E-state index contributed by atoms with van der Waals surface area (Å²) >= 11 is 0. The molecule has 2 aromatic rings. The largest absolute Gasteiger partial charge is 0.497 e. The minimum atomic E-state index is 0.0210. The van der Waals surface area contributed by atoms with Gasteiger partial charge in [0.05, 0.1) is 13.0 Å². The Kier molecular flexibility index (Phi) is 7.35. The van der Waals surface area contributed by atoms with Gasteiger partial charge in [0.1, 0.15) is 5.75 Å². The summed E-state index contributed by atoms with van der Waals surface area (Å²) in [5, 5.41) is 3.23. The molecule has 1 amide bonds. The maximum Gasteiger partial charge on any atom is 0.225 e. The molecule has 1 aromatic heterocycles. The number of carbonyl (C=O) groups excluding carboxylic acids is 1. The smallest absolute Gasteiger partial charge is 0.225 e. The zero-order valence-corrected chi connectivity index (χ0v) is 18.4. The molecule has 2 fully saturated rings. The number of amides is 1. The van der Waals surface area contributed by atoms with Gasteiger partial charge < -0.3 is 15.0 Å². The lowest BCUT2D eigenvalue weighted by atomic mass is 9.94. The fourth-order valence-electron chi connectivity index (χ4n) is 4.55. The number of benzene rings is 1. The Hall–Kier alpha value is -2.67. The molecule has 0 spiro atoms. The van der Waals surface area contributed by atoms with Crippen molar-refractivity contribution in [2.75, 3.05) is 44.7 Å². The zero-order chi connectivity index (χ0) is 21.5. The Balaban J connectivity index is 1.18. The van der Waals surface area contributed by atoms with Crippen molar-refractivity contribution in [3.05, 3.63) is 48.3 Å². The highest BCUT2D eigenvalue weighted by Gasteiger charge is 2.28. The van der Waals surface area contributed by atoms with E-state index in [1.54, 1.807) is 19.5 Å². The molecular formula is C24H33N5O2. The molecule has 0 saturated carbocycles. The molecule has 7 heteroatoms. The van der Waals surface area contributed by atoms with Gasteiger partial charge in [-0.1, -0.05) is 12.1 Å². The predicted octanol–water partition coefficient (Wildman–Crippen LogP) is 2.73. The number of hydrogen-bond acceptors (Lipinski definition) is 6. The van der Waals surface area contributed by atoms with Crippen LogP contribution in [0.25, 0.3) is 0 Å². The third kappa shape index (κ3) is 5.94. The number of aromatic nitrogens is 2. The molecule has 166 valence electrons. The summed E-state index contributed by atoms with van der Waals surface area (Å²) in [6.07, 6.45) is 7.71. The Morgan fingerprint density at radius 3 is 2.55 bits per heavy atom. The van der Waals surface area contributed by atoms with Crippen molar-refractivity contribution in [3.63, 3.8) is 0 Å². The predicted molar refractivity (Wildman–Crippen MR) is 121 cm³/mol. The summed E-state index contributed by atoms with van der Waals surface area (Å²) in [5.41, 5.74) is 1.32. The van der Waals surface area contributed by atoms with Crippen LogP contribution < -0.4 is 15.0 Å². The van der Waals surface area contributed by atoms with Gasteiger partial charge in [0, 0.05) is 38.6 Å². The van der Waals surface area contributed by atoms with Crippen molar-refractivity contribution in [1.29, 1.82) is 0 Å². The van der Waals surface area contributed by atoms with Crippen molar-refractivity contribution in [3.8, 4) is 5.75 Å². The monoisotopic (exact) mass is 423 g/mol. The van der Waals surface area contributed by atoms with Gasteiger partial charge in [0.15, 0.2) is 0 Å². The minimum absolute atomic E-state index is 0.0210. The lowest BCUT2D eigenvalue weighted by Gasteiger charge is -2.34. The molecule has 2 aliphatic rings. The fraction of sp³-hybridized carbons (Fsp3) is 0.542. The molecule has 0 radical (unpaired) electrons. The standard InChI is InChI=1S/C24H33N5O2/c1-31-22-7-5-20(6-8-22)17-28-14-9-19(10-15-28)16-27-23(30)21-4-2-13-29(18-21)24-25-11-3-12-26-24/h3,5-8,11-12,19,21H,2,4,9-10,13-18H2,1H3,(H,27,30). The van der Waals surface area contributed by atoms with Crippen molar-refractivity contribution >= 4 is 11.9 Å². The van der Waals surface area contributed by atoms with Crippen LogP contribution in [0.3, 0.4) is 0 Å². The number of piperidine rings is 2. The van der Waals surface area contributed by atoms with Gasteiger partial charge in [-0.15, -0.1) is 0 Å². The van der Waals surface area contributed by atoms with Crippen LogP contribution in [0.5, 0.6) is 5.75 Å². The van der Waals surface area contributed by atoms with E-state index < -0.39 is 0 Å². The summed E-state index contributed by atoms with van der Waals surface area (Å²) in [6.45, 7) is 5.54. The van der Waals surface area contributed by atoms with Crippen molar-refractivity contribution < 1.29 is 9.53 Å². The van der Waals surface area contributed by atoms with E-state index in [9.17, 15) is 4.79 Å². The Morgan fingerprint density at radius 1 is 1.10 bits per heavy atom. The highest BCUT2D eigenvalue weighted by Crippen LogP contribution is 2.22. The second-order valence-corrected chi connectivity index (χ2v) is 8.65. The molecule has 1 aromatic carbocycles. The lowest BCUT2D eigenvalue weighted by Crippen LogP contribution is -2.45. The molecule has 1 atom stereocenters. The number of nitrogens with one attached hydrogen (secondary N) is 1. The second-order valence-electron chi connectivity index (χ2n) is 8.65. The summed E-state index contributed by atoms with van der Waals surface area (Å²) < 4.78 is 5.23. The molecule has 4 rings (SSSR count). The number of ether oxygens (including phenoxy) is 1. The van der Waals surface area contributed by atoms with Crippen LogP contribution in [0.1, 0.15) is 31.2 Å². The normalized spacial score (nSPS) is 20.4. The number of rotatable bonds is 7. The molecule has 3 heterocycles. The molecule has 7 nitrogen and oxygen atoms in total. The molecule has 2 aliphatic heterocycles. The third-order valence-corrected chi connectivity index (χ3v) is 6.46. The molecule has 31 heavy (non-hydrogen) atoms. The average Bonchev–Trinajstić information content (AvgIpc) is 2.84. The van der Waals surface area contributed by atoms with Crippen molar-refractivity contribution in [2.45, 2.75) is 32.2 Å². The van der Waals surface area contributed by atoms with Crippen LogP contribution >= 0.6 is 0 Å². The van der Waals surface area contributed by atoms with Gasteiger partial charge in [0.25, 0.3) is 0 Å². The van der Waals surface area contributed by atoms with Crippen LogP contribution in [-0.2, 0) is 11.3 Å². The van der Waals surface area contributed by atoms with Gasteiger partial charge >= 0.3 is 0 Å². The Bertz CT molecular complexity index is 822. The topological polar surface area (TPSA) is 70.6 Å². The minimum Gasteiger partial charge on any atom is -0.497 e. The highest BCUT2D eigenvalue weighted by molar-refractivity contribution is 5.79. The van der Waals surface area contributed by atoms with Crippen LogP contribution in [0.15, 0.2) is 42.7 Å². The first kappa shape index (κ1) is 21.6. The van der Waals surface area contributed by atoms with Gasteiger partial charge in [-0.25, -0.2) is 9.97 Å². The molecule has 1 N–H and O–H groups in total. The Labute approximate surface area is 184 Å². The summed E-state index contributed by atoms with van der Waals surface area (Å²) in [5.74, 6) is 2.39. The highest BCUT2D eigenvalue weighted by atomic mass is 16.5. The molecule has 0 aliphatic carbocycles. The molecular weight excluding hydrogens is 390 g/mol. The quantitative estimate of drug-likeness (QED) is 0.738. The zero-order valence-electron chi connectivity index (χ0n) is 18.4. The van der Waals surface area contributed by atoms with Gasteiger partial charge in [-0.2, -0.15) is 0 Å². The van der Waals surface area contributed by atoms with E-state index in [4.69, 9.17) is 4.74 Å². The van der Waals surface area contributed by atoms with E-state index in [0.717, 1.165) is 70.1 Å². The number of nitrogens with zero attached hydrogens (tertiary/aromatic N) is 4. The van der Waals surface area contributed by atoms with Gasteiger partial charge in [-0.3, -0.25) is 9.69 Å². The summed E-state index contributed by atoms with van der Waals surface area (Å²) in [4.78, 5) is 26.1. The SMILES string of the molecule is COc1ccc(CN2CCC(CNC(=O)C3CCCN(c4ncccn4)C3)CC2)cc1. The number of carbonyl (C=O) groups is 1. The van der Waals surface area contributed by atoms with Crippen LogP contribution in [0, 0.1) is 11.8 Å². The number of anilines is 1. The first-order valence-corrected chi connectivity index (χ1v) is 11.4. The fourth-order valence-corrected chi connectivity index (χ4v) is 4.55. The lowest BCUT2D eigenvalue weighted by molar-refractivity contribution is -0.125. The number of methoxy groups -OCH3 is 1. The third-order valence-electron chi connectivity index (χ3n) is 6.46. The van der Waals surface area contributed by atoms with Crippen molar-refractivity contribution in [1.82, 2.24) is 20.2 Å². The van der Waals surface area contributed by atoms with Crippen LogP contribution in [0.2, 0.25) is 0 Å². The average molecular weight is 424 g/mol. The van der Waals surface area contributed by atoms with E-state index in [2.05, 4.69) is 37.2 Å². The van der Waals surface area contributed by atoms with Gasteiger partial charge in [0.2, 0.25) is 11.9 Å². The summed E-state index contributed by atoms with van der Waals surface area (Å²) in [7, 11) is 1.69. The number of likely N-dealkylation sites (tertiary alicyclic amines) is 1. The maximum atomic E-state index is 12.8. The van der Waals surface area contributed by atoms with E-state index in [-0.39, 0.29) is 11.8 Å². The van der Waals surface area contributed by atoms with Crippen molar-refractivity contribution in [2.24, 2.45) is 11.8 Å². The second kappa shape index (κ2) is 10.6. The van der Waals surface area contributed by atoms with Crippen LogP contribution in [-0.4, -0.2) is 60.6 Å². The first-order chi connectivity index (χ1) is 15.2. The van der Waals surface area contributed by atoms with E-state index >= 15 is 0 Å². The molecule has 0 bridgehead atoms. The molecule has 2 saturated heterocycles.